The Morgan fingerprint density at radius 2 is 2.11 bits per heavy atom. The van der Waals surface area contributed by atoms with Crippen molar-refractivity contribution < 1.29 is 14.7 Å². The van der Waals surface area contributed by atoms with Crippen LogP contribution in [0, 0.1) is 12.8 Å². The predicted octanol–water partition coefficient (Wildman–Crippen LogP) is 2.01. The van der Waals surface area contributed by atoms with E-state index in [1.54, 1.807) is 32.2 Å². The molecule has 0 aliphatic carbocycles. The lowest BCUT2D eigenvalue weighted by Crippen LogP contribution is -2.51. The van der Waals surface area contributed by atoms with Crippen molar-refractivity contribution in [2.24, 2.45) is 5.92 Å². The Bertz CT molecular complexity index is 485. The van der Waals surface area contributed by atoms with Crippen LogP contribution in [0.4, 0.5) is 0 Å². The highest BCUT2D eigenvalue weighted by Gasteiger charge is 2.33. The van der Waals surface area contributed by atoms with E-state index in [0.717, 1.165) is 5.56 Å². The molecule has 0 aliphatic heterocycles. The van der Waals surface area contributed by atoms with Gasteiger partial charge in [0.05, 0.1) is 12.0 Å². The number of pyridine rings is 1. The average molecular weight is 264 g/mol. The summed E-state index contributed by atoms with van der Waals surface area (Å²) >= 11 is 0. The number of amides is 1. The maximum Gasteiger partial charge on any atom is 0.305 e. The molecule has 0 fully saturated rings. The average Bonchev–Trinajstić information content (AvgIpc) is 2.27. The van der Waals surface area contributed by atoms with Crippen LogP contribution < -0.4 is 5.32 Å². The summed E-state index contributed by atoms with van der Waals surface area (Å²) in [6.07, 6.45) is 1.42. The van der Waals surface area contributed by atoms with Crippen LogP contribution in [0.1, 0.15) is 43.2 Å². The standard InChI is InChI=1S/C14H20N2O3/c1-9(2)14(4,8-11(17)18)16-13(19)12-10(3)6-5-7-15-12/h5-7,9H,8H2,1-4H3,(H,16,19)(H,17,18). The predicted molar refractivity (Wildman–Crippen MR) is 71.9 cm³/mol. The monoisotopic (exact) mass is 264 g/mol. The summed E-state index contributed by atoms with van der Waals surface area (Å²) in [6, 6.07) is 3.55. The van der Waals surface area contributed by atoms with Crippen LogP contribution in [0.5, 0.6) is 0 Å². The molecular formula is C14H20N2O3. The van der Waals surface area contributed by atoms with Crippen molar-refractivity contribution in [3.05, 3.63) is 29.6 Å². The number of nitrogens with one attached hydrogen (secondary N) is 1. The van der Waals surface area contributed by atoms with Gasteiger partial charge < -0.3 is 10.4 Å². The molecule has 2 N–H and O–H groups in total. The molecular weight excluding hydrogens is 244 g/mol. The zero-order valence-electron chi connectivity index (χ0n) is 11.7. The molecule has 0 radical (unpaired) electrons. The SMILES string of the molecule is Cc1cccnc1C(=O)NC(C)(CC(=O)O)C(C)C. The van der Waals surface area contributed by atoms with Gasteiger partial charge in [-0.25, -0.2) is 0 Å². The van der Waals surface area contributed by atoms with Crippen LogP contribution in [-0.4, -0.2) is 27.5 Å². The van der Waals surface area contributed by atoms with Crippen molar-refractivity contribution in [2.45, 2.75) is 39.7 Å². The lowest BCUT2D eigenvalue weighted by Gasteiger charge is -2.33. The van der Waals surface area contributed by atoms with Gasteiger partial charge in [-0.15, -0.1) is 0 Å². The number of nitrogens with zero attached hydrogens (tertiary/aromatic N) is 1. The molecule has 1 unspecified atom stereocenters. The third-order valence-electron chi connectivity index (χ3n) is 3.42. The molecule has 1 heterocycles. The normalized spacial score (nSPS) is 13.9. The minimum Gasteiger partial charge on any atom is -0.481 e. The van der Waals surface area contributed by atoms with Crippen LogP contribution in [0.3, 0.4) is 0 Å². The Kier molecular flexibility index (Phi) is 4.64. The minimum absolute atomic E-state index is 0.00318. The quantitative estimate of drug-likeness (QED) is 0.852. The summed E-state index contributed by atoms with van der Waals surface area (Å²) < 4.78 is 0. The second-order valence-corrected chi connectivity index (χ2v) is 5.27. The molecule has 0 aromatic carbocycles. The van der Waals surface area contributed by atoms with Gasteiger partial charge in [-0.05, 0) is 31.4 Å². The first-order valence-corrected chi connectivity index (χ1v) is 6.22. The van der Waals surface area contributed by atoms with Crippen molar-refractivity contribution in [1.82, 2.24) is 10.3 Å². The number of rotatable bonds is 5. The molecule has 5 heteroatoms. The second-order valence-electron chi connectivity index (χ2n) is 5.27. The molecule has 104 valence electrons. The van der Waals surface area contributed by atoms with E-state index in [1.165, 1.54) is 0 Å². The molecule has 1 atom stereocenters. The third-order valence-corrected chi connectivity index (χ3v) is 3.42. The van der Waals surface area contributed by atoms with Crippen molar-refractivity contribution in [3.8, 4) is 0 Å². The lowest BCUT2D eigenvalue weighted by molar-refractivity contribution is -0.138. The summed E-state index contributed by atoms with van der Waals surface area (Å²) in [6.45, 7) is 7.30. The summed E-state index contributed by atoms with van der Waals surface area (Å²) in [7, 11) is 0. The van der Waals surface area contributed by atoms with E-state index in [9.17, 15) is 9.59 Å². The Balaban J connectivity index is 2.95. The molecule has 0 aliphatic rings. The van der Waals surface area contributed by atoms with E-state index in [4.69, 9.17) is 5.11 Å². The zero-order valence-corrected chi connectivity index (χ0v) is 11.7. The molecule has 1 aromatic rings. The maximum absolute atomic E-state index is 12.2. The van der Waals surface area contributed by atoms with E-state index in [2.05, 4.69) is 10.3 Å². The lowest BCUT2D eigenvalue weighted by atomic mass is 9.85. The molecule has 19 heavy (non-hydrogen) atoms. The molecule has 0 spiro atoms. The second kappa shape index (κ2) is 5.82. The molecule has 1 rings (SSSR count). The number of carboxylic acids is 1. The van der Waals surface area contributed by atoms with Crippen molar-refractivity contribution in [3.63, 3.8) is 0 Å². The van der Waals surface area contributed by atoms with Crippen molar-refractivity contribution >= 4 is 11.9 Å². The van der Waals surface area contributed by atoms with Gasteiger partial charge >= 0.3 is 5.97 Å². The van der Waals surface area contributed by atoms with Crippen LogP contribution in [0.25, 0.3) is 0 Å². The Labute approximate surface area is 113 Å². The molecule has 0 saturated heterocycles. The van der Waals surface area contributed by atoms with E-state index in [-0.39, 0.29) is 18.2 Å². The molecule has 1 amide bonds. The number of hydrogen-bond donors (Lipinski definition) is 2. The fraction of sp³-hybridized carbons (Fsp3) is 0.500. The summed E-state index contributed by atoms with van der Waals surface area (Å²) in [5, 5.41) is 11.8. The van der Waals surface area contributed by atoms with Crippen molar-refractivity contribution in [1.29, 1.82) is 0 Å². The summed E-state index contributed by atoms with van der Waals surface area (Å²) in [5.41, 5.74) is 0.300. The van der Waals surface area contributed by atoms with Crippen LogP contribution in [0.2, 0.25) is 0 Å². The van der Waals surface area contributed by atoms with Gasteiger partial charge in [0.25, 0.3) is 5.91 Å². The van der Waals surface area contributed by atoms with E-state index in [0.29, 0.717) is 5.69 Å². The highest BCUT2D eigenvalue weighted by atomic mass is 16.4. The number of carbonyl (C=O) groups is 2. The fourth-order valence-corrected chi connectivity index (χ4v) is 1.75. The van der Waals surface area contributed by atoms with Crippen LogP contribution in [0.15, 0.2) is 18.3 Å². The molecule has 1 aromatic heterocycles. The van der Waals surface area contributed by atoms with Gasteiger partial charge in [0.1, 0.15) is 5.69 Å². The Morgan fingerprint density at radius 1 is 1.47 bits per heavy atom. The van der Waals surface area contributed by atoms with Crippen LogP contribution >= 0.6 is 0 Å². The largest absolute Gasteiger partial charge is 0.481 e. The van der Waals surface area contributed by atoms with Gasteiger partial charge in [-0.3, -0.25) is 14.6 Å². The van der Waals surface area contributed by atoms with Crippen molar-refractivity contribution in [2.75, 3.05) is 0 Å². The Morgan fingerprint density at radius 3 is 2.58 bits per heavy atom. The molecule has 0 bridgehead atoms. The minimum atomic E-state index is -0.936. The number of hydrogen-bond acceptors (Lipinski definition) is 3. The highest BCUT2D eigenvalue weighted by molar-refractivity contribution is 5.94. The van der Waals surface area contributed by atoms with Crippen LogP contribution in [-0.2, 0) is 4.79 Å². The summed E-state index contributed by atoms with van der Waals surface area (Å²) in [4.78, 5) is 27.2. The van der Waals surface area contributed by atoms with E-state index in [1.807, 2.05) is 13.8 Å². The Hall–Kier alpha value is -1.91. The van der Waals surface area contributed by atoms with Gasteiger partial charge in [0.15, 0.2) is 0 Å². The number of aryl methyl sites for hydroxylation is 1. The smallest absolute Gasteiger partial charge is 0.305 e. The number of aliphatic carboxylic acids is 1. The van der Waals surface area contributed by atoms with Gasteiger partial charge in [0.2, 0.25) is 0 Å². The number of carboxylic acid groups (broad SMARTS) is 1. The first-order chi connectivity index (χ1) is 8.76. The first-order valence-electron chi connectivity index (χ1n) is 6.22. The highest BCUT2D eigenvalue weighted by Crippen LogP contribution is 2.21. The van der Waals surface area contributed by atoms with E-state index >= 15 is 0 Å². The summed E-state index contributed by atoms with van der Waals surface area (Å²) in [5.74, 6) is -1.28. The van der Waals surface area contributed by atoms with Gasteiger partial charge in [-0.1, -0.05) is 19.9 Å². The topological polar surface area (TPSA) is 79.3 Å². The first kappa shape index (κ1) is 15.1. The molecule has 0 saturated carbocycles. The van der Waals surface area contributed by atoms with Gasteiger partial charge in [0, 0.05) is 6.20 Å². The fourth-order valence-electron chi connectivity index (χ4n) is 1.75. The number of aromatic nitrogens is 1. The zero-order chi connectivity index (χ0) is 14.6. The third kappa shape index (κ3) is 3.77. The van der Waals surface area contributed by atoms with Gasteiger partial charge in [-0.2, -0.15) is 0 Å². The maximum atomic E-state index is 12.2. The number of carbonyl (C=O) groups excluding carboxylic acids is 1. The van der Waals surface area contributed by atoms with E-state index < -0.39 is 11.5 Å². The molecule has 5 nitrogen and oxygen atoms in total.